The summed E-state index contributed by atoms with van der Waals surface area (Å²) in [5, 5.41) is 7.49. The van der Waals surface area contributed by atoms with Gasteiger partial charge in [-0.05, 0) is 50.1 Å². The van der Waals surface area contributed by atoms with E-state index in [9.17, 15) is 4.79 Å². The Bertz CT molecular complexity index is 1230. The van der Waals surface area contributed by atoms with Crippen LogP contribution in [0.1, 0.15) is 18.5 Å². The van der Waals surface area contributed by atoms with Gasteiger partial charge in [-0.15, -0.1) is 0 Å². The number of pyridine rings is 2. The Morgan fingerprint density at radius 1 is 0.966 bits per heavy atom. The molecule has 1 fully saturated rings. The fraction of sp³-hybridized carbons (Fsp3) is 0.167. The highest BCUT2D eigenvalue weighted by molar-refractivity contribution is 5.93. The number of aromatic nitrogens is 2. The Balaban J connectivity index is 1.79. The average Bonchev–Trinajstić information content (AvgIpc) is 3.53. The molecule has 0 unspecified atom stereocenters. The van der Waals surface area contributed by atoms with Crippen molar-refractivity contribution in [3.63, 3.8) is 0 Å². The van der Waals surface area contributed by atoms with Gasteiger partial charge in [0, 0.05) is 29.2 Å². The van der Waals surface area contributed by atoms with Crippen LogP contribution in [0.25, 0.3) is 16.6 Å². The third-order valence-corrected chi connectivity index (χ3v) is 5.10. The molecule has 2 aromatic carbocycles. The van der Waals surface area contributed by atoms with Gasteiger partial charge in [0.1, 0.15) is 11.6 Å². The van der Waals surface area contributed by atoms with Crippen LogP contribution in [0.4, 0.5) is 17.3 Å². The molecule has 0 spiro atoms. The predicted octanol–water partition coefficient (Wildman–Crippen LogP) is 5.01. The van der Waals surface area contributed by atoms with Crippen molar-refractivity contribution < 1.29 is 0 Å². The number of hydrogen-bond donors (Lipinski definition) is 2. The lowest BCUT2D eigenvalue weighted by atomic mass is 10.1. The normalized spacial score (nSPS) is 13.4. The third-order valence-electron chi connectivity index (χ3n) is 5.10. The fourth-order valence-corrected chi connectivity index (χ4v) is 3.61. The maximum Gasteiger partial charge on any atom is 0.195 e. The fourth-order valence-electron chi connectivity index (χ4n) is 3.61. The van der Waals surface area contributed by atoms with Crippen molar-refractivity contribution in [2.24, 2.45) is 0 Å². The first-order valence-electron chi connectivity index (χ1n) is 9.90. The molecular weight excluding hydrogens is 360 g/mol. The van der Waals surface area contributed by atoms with E-state index in [4.69, 9.17) is 0 Å². The molecule has 5 nitrogen and oxygen atoms in total. The summed E-state index contributed by atoms with van der Waals surface area (Å²) in [5.74, 6) is 1.41. The summed E-state index contributed by atoms with van der Waals surface area (Å²) < 4.78 is 2.09. The Hall–Kier alpha value is -3.60. The molecule has 0 aliphatic heterocycles. The molecule has 4 aromatic rings. The van der Waals surface area contributed by atoms with Crippen molar-refractivity contribution in [3.05, 3.63) is 88.7 Å². The van der Waals surface area contributed by atoms with Gasteiger partial charge in [0.05, 0.1) is 10.9 Å². The van der Waals surface area contributed by atoms with Crippen molar-refractivity contribution in [1.82, 2.24) is 9.55 Å². The van der Waals surface area contributed by atoms with Gasteiger partial charge in [0.25, 0.3) is 0 Å². The molecule has 5 heteroatoms. The van der Waals surface area contributed by atoms with Crippen LogP contribution in [0.15, 0.2) is 77.6 Å². The van der Waals surface area contributed by atoms with Gasteiger partial charge in [-0.3, -0.25) is 9.36 Å². The van der Waals surface area contributed by atoms with Crippen LogP contribution in [-0.4, -0.2) is 15.6 Å². The SMILES string of the molecule is Cc1cc2c(c(NC3CC3)n1)c(=O)cc(Nc1ccccc1)n2-c1ccccc1. The number of rotatable bonds is 5. The molecule has 0 saturated heterocycles. The van der Waals surface area contributed by atoms with E-state index in [0.29, 0.717) is 17.2 Å². The average molecular weight is 382 g/mol. The summed E-state index contributed by atoms with van der Waals surface area (Å²) in [6, 6.07) is 24.0. The van der Waals surface area contributed by atoms with Crippen molar-refractivity contribution in [2.75, 3.05) is 10.6 Å². The monoisotopic (exact) mass is 382 g/mol. The zero-order valence-corrected chi connectivity index (χ0v) is 16.2. The van der Waals surface area contributed by atoms with E-state index in [2.05, 4.69) is 20.2 Å². The summed E-state index contributed by atoms with van der Waals surface area (Å²) in [7, 11) is 0. The number of nitrogens with zero attached hydrogens (tertiary/aromatic N) is 2. The molecular formula is C24H22N4O. The predicted molar refractivity (Wildman–Crippen MR) is 118 cm³/mol. The zero-order valence-electron chi connectivity index (χ0n) is 16.2. The minimum Gasteiger partial charge on any atom is -0.367 e. The van der Waals surface area contributed by atoms with Crippen LogP contribution in [0.5, 0.6) is 0 Å². The van der Waals surface area contributed by atoms with Crippen molar-refractivity contribution in [1.29, 1.82) is 0 Å². The van der Waals surface area contributed by atoms with E-state index < -0.39 is 0 Å². The number of benzene rings is 2. The van der Waals surface area contributed by atoms with E-state index >= 15 is 0 Å². The maximum atomic E-state index is 13.2. The minimum absolute atomic E-state index is 0.0405. The highest BCUT2D eigenvalue weighted by atomic mass is 16.1. The van der Waals surface area contributed by atoms with Gasteiger partial charge in [-0.1, -0.05) is 36.4 Å². The molecule has 29 heavy (non-hydrogen) atoms. The molecule has 2 N–H and O–H groups in total. The largest absolute Gasteiger partial charge is 0.367 e. The number of para-hydroxylation sites is 2. The molecule has 2 heterocycles. The molecule has 1 aliphatic rings. The quantitative estimate of drug-likeness (QED) is 0.509. The van der Waals surface area contributed by atoms with Gasteiger partial charge in [0.15, 0.2) is 5.43 Å². The molecule has 0 bridgehead atoms. The lowest BCUT2D eigenvalue weighted by molar-refractivity contribution is 1.07. The Morgan fingerprint density at radius 2 is 1.66 bits per heavy atom. The smallest absolute Gasteiger partial charge is 0.195 e. The van der Waals surface area contributed by atoms with Gasteiger partial charge < -0.3 is 10.6 Å². The van der Waals surface area contributed by atoms with Crippen LogP contribution < -0.4 is 16.1 Å². The second kappa shape index (κ2) is 7.09. The first kappa shape index (κ1) is 17.5. The molecule has 144 valence electrons. The lowest BCUT2D eigenvalue weighted by Crippen LogP contribution is -2.16. The summed E-state index contributed by atoms with van der Waals surface area (Å²) in [5.41, 5.74) is 3.59. The van der Waals surface area contributed by atoms with E-state index in [1.54, 1.807) is 6.07 Å². The number of fused-ring (bicyclic) bond motifs is 1. The number of anilines is 3. The van der Waals surface area contributed by atoms with E-state index in [1.165, 1.54) is 0 Å². The molecule has 0 atom stereocenters. The Morgan fingerprint density at radius 3 is 2.34 bits per heavy atom. The summed E-state index contributed by atoms with van der Waals surface area (Å²) in [6.07, 6.45) is 2.25. The van der Waals surface area contributed by atoms with E-state index in [1.807, 2.05) is 73.7 Å². The highest BCUT2D eigenvalue weighted by Gasteiger charge is 2.24. The van der Waals surface area contributed by atoms with Gasteiger partial charge in [-0.2, -0.15) is 0 Å². The number of nitrogens with one attached hydrogen (secondary N) is 2. The maximum absolute atomic E-state index is 13.2. The molecule has 0 amide bonds. The van der Waals surface area contributed by atoms with Crippen LogP contribution >= 0.6 is 0 Å². The minimum atomic E-state index is -0.0405. The van der Waals surface area contributed by atoms with Crippen LogP contribution in [-0.2, 0) is 0 Å². The van der Waals surface area contributed by atoms with Gasteiger partial charge in [-0.25, -0.2) is 4.98 Å². The summed E-state index contributed by atoms with van der Waals surface area (Å²) in [4.78, 5) is 17.8. The topological polar surface area (TPSA) is 59.0 Å². The van der Waals surface area contributed by atoms with Crippen molar-refractivity contribution in [3.8, 4) is 5.69 Å². The second-order valence-electron chi connectivity index (χ2n) is 7.48. The number of aryl methyl sites for hydroxylation is 1. The molecule has 1 saturated carbocycles. The Labute approximate surface area is 169 Å². The summed E-state index contributed by atoms with van der Waals surface area (Å²) >= 11 is 0. The van der Waals surface area contributed by atoms with Crippen molar-refractivity contribution in [2.45, 2.75) is 25.8 Å². The van der Waals surface area contributed by atoms with Crippen LogP contribution in [0.3, 0.4) is 0 Å². The van der Waals surface area contributed by atoms with Crippen LogP contribution in [0, 0.1) is 6.92 Å². The zero-order chi connectivity index (χ0) is 19.8. The van der Waals surface area contributed by atoms with Gasteiger partial charge >= 0.3 is 0 Å². The molecule has 2 aromatic heterocycles. The third kappa shape index (κ3) is 3.47. The van der Waals surface area contributed by atoms with Crippen molar-refractivity contribution >= 4 is 28.2 Å². The standard InChI is InChI=1S/C24H22N4O/c1-16-14-20-23(24(25-16)27-18-12-13-18)21(29)15-22(26-17-8-4-2-5-9-17)28(20)19-10-6-3-7-11-19/h2-11,14-15,18,26H,12-13H2,1H3,(H,25,27). The first-order valence-corrected chi connectivity index (χ1v) is 9.90. The molecule has 1 aliphatic carbocycles. The highest BCUT2D eigenvalue weighted by Crippen LogP contribution is 2.31. The molecule has 0 radical (unpaired) electrons. The lowest BCUT2D eigenvalue weighted by Gasteiger charge is -2.20. The van der Waals surface area contributed by atoms with Crippen LogP contribution in [0.2, 0.25) is 0 Å². The number of hydrogen-bond acceptors (Lipinski definition) is 4. The summed E-state index contributed by atoms with van der Waals surface area (Å²) in [6.45, 7) is 1.97. The van der Waals surface area contributed by atoms with E-state index in [0.717, 1.165) is 41.2 Å². The van der Waals surface area contributed by atoms with E-state index in [-0.39, 0.29) is 5.43 Å². The molecule has 5 rings (SSSR count). The Kier molecular flexibility index (Phi) is 4.28. The van der Waals surface area contributed by atoms with Gasteiger partial charge in [0.2, 0.25) is 0 Å². The second-order valence-corrected chi connectivity index (χ2v) is 7.48. The first-order chi connectivity index (χ1) is 14.2.